The molecule has 1 unspecified atom stereocenters. The minimum absolute atomic E-state index is 0.149. The lowest BCUT2D eigenvalue weighted by molar-refractivity contribution is -0.143. The molecule has 0 saturated carbocycles. The third-order valence-corrected chi connectivity index (χ3v) is 4.02. The summed E-state index contributed by atoms with van der Waals surface area (Å²) in [6.07, 6.45) is 0. The Kier molecular flexibility index (Phi) is 2.82. The van der Waals surface area contributed by atoms with Gasteiger partial charge in [0.2, 0.25) is 0 Å². The Balaban J connectivity index is 2.28. The topological polar surface area (TPSA) is 34.5 Å². The van der Waals surface area contributed by atoms with Crippen molar-refractivity contribution in [3.05, 3.63) is 35.5 Å². The molecule has 0 aliphatic carbocycles. The molecule has 4 nitrogen and oxygen atoms in total. The zero-order valence-electron chi connectivity index (χ0n) is 11.5. The van der Waals surface area contributed by atoms with E-state index in [4.69, 9.17) is 4.74 Å². The molecule has 0 spiro atoms. The molecule has 2 aromatic rings. The average Bonchev–Trinajstić information content (AvgIpc) is 2.71. The Bertz CT molecular complexity index is 645. The van der Waals surface area contributed by atoms with Crippen molar-refractivity contribution in [2.45, 2.75) is 12.5 Å². The van der Waals surface area contributed by atoms with Crippen molar-refractivity contribution < 1.29 is 9.53 Å². The van der Waals surface area contributed by atoms with Crippen LogP contribution in [0.1, 0.15) is 17.2 Å². The first kappa shape index (κ1) is 12.2. The van der Waals surface area contributed by atoms with Gasteiger partial charge in [-0.15, -0.1) is 0 Å². The van der Waals surface area contributed by atoms with E-state index in [0.29, 0.717) is 6.54 Å². The van der Waals surface area contributed by atoms with Crippen molar-refractivity contribution in [1.82, 2.24) is 9.47 Å². The van der Waals surface area contributed by atoms with E-state index in [9.17, 15) is 4.79 Å². The van der Waals surface area contributed by atoms with Gasteiger partial charge in [-0.2, -0.15) is 0 Å². The highest BCUT2D eigenvalue weighted by atomic mass is 16.5. The predicted molar refractivity (Wildman–Crippen MR) is 74.0 cm³/mol. The highest BCUT2D eigenvalue weighted by Gasteiger charge is 2.33. The molecule has 0 saturated heterocycles. The van der Waals surface area contributed by atoms with E-state index in [0.717, 1.165) is 12.1 Å². The number of aryl methyl sites for hydroxylation is 1. The quantitative estimate of drug-likeness (QED) is 0.732. The lowest BCUT2D eigenvalue weighted by Gasteiger charge is -2.29. The fraction of sp³-hybridized carbons (Fsp3) is 0.400. The first-order valence-corrected chi connectivity index (χ1v) is 6.46. The average molecular weight is 258 g/mol. The van der Waals surface area contributed by atoms with Crippen molar-refractivity contribution in [3.8, 4) is 0 Å². The number of nitrogens with zero attached hydrogens (tertiary/aromatic N) is 2. The van der Waals surface area contributed by atoms with E-state index >= 15 is 0 Å². The summed E-state index contributed by atoms with van der Waals surface area (Å²) >= 11 is 0. The molecule has 1 aromatic heterocycles. The number of fused-ring (bicyclic) bond motifs is 3. The van der Waals surface area contributed by atoms with Crippen molar-refractivity contribution >= 4 is 16.9 Å². The molecule has 4 heteroatoms. The largest absolute Gasteiger partial charge is 0.469 e. The van der Waals surface area contributed by atoms with Gasteiger partial charge in [-0.05, 0) is 18.7 Å². The number of para-hydroxylation sites is 1. The van der Waals surface area contributed by atoms with Gasteiger partial charge in [-0.1, -0.05) is 18.2 Å². The van der Waals surface area contributed by atoms with Crippen LogP contribution < -0.4 is 0 Å². The molecule has 0 N–H and O–H groups in total. The molecule has 0 amide bonds. The zero-order chi connectivity index (χ0) is 13.6. The number of rotatable bonds is 1. The number of methoxy groups -OCH3 is 1. The Morgan fingerprint density at radius 2 is 2.05 bits per heavy atom. The van der Waals surface area contributed by atoms with E-state index in [2.05, 4.69) is 28.6 Å². The number of hydrogen-bond donors (Lipinski definition) is 0. The van der Waals surface area contributed by atoms with Crippen molar-refractivity contribution in [2.24, 2.45) is 7.05 Å². The monoisotopic (exact) mass is 258 g/mol. The van der Waals surface area contributed by atoms with E-state index in [1.165, 1.54) is 23.7 Å². The Labute approximate surface area is 112 Å². The van der Waals surface area contributed by atoms with Crippen LogP contribution in [0.4, 0.5) is 0 Å². The fourth-order valence-corrected chi connectivity index (χ4v) is 3.11. The third kappa shape index (κ3) is 1.75. The molecule has 100 valence electrons. The van der Waals surface area contributed by atoms with Gasteiger partial charge >= 0.3 is 5.97 Å². The van der Waals surface area contributed by atoms with E-state index in [-0.39, 0.29) is 11.9 Å². The van der Waals surface area contributed by atoms with Gasteiger partial charge < -0.3 is 9.30 Å². The molecule has 1 aromatic carbocycles. The van der Waals surface area contributed by atoms with E-state index in [1.807, 2.05) is 19.2 Å². The van der Waals surface area contributed by atoms with Crippen LogP contribution in [-0.2, 0) is 23.1 Å². The molecule has 1 atom stereocenters. The standard InChI is InChI=1S/C15H18N2O2/c1-16-8-11(15(18)19-3)14-10-6-4-5-7-12(10)17(2)13(14)9-16/h4-7,11H,8-9H2,1-3H3. The Morgan fingerprint density at radius 3 is 2.79 bits per heavy atom. The van der Waals surface area contributed by atoms with Crippen LogP contribution in [-0.4, -0.2) is 36.1 Å². The number of carbonyl (C=O) groups excluding carboxylic acids is 1. The number of benzene rings is 1. The maximum absolute atomic E-state index is 12.1. The Morgan fingerprint density at radius 1 is 1.32 bits per heavy atom. The van der Waals surface area contributed by atoms with Gasteiger partial charge in [-0.25, -0.2) is 0 Å². The molecule has 0 bridgehead atoms. The van der Waals surface area contributed by atoms with Gasteiger partial charge in [0, 0.05) is 36.7 Å². The number of aromatic nitrogens is 1. The van der Waals surface area contributed by atoms with Gasteiger partial charge in [0.1, 0.15) is 0 Å². The summed E-state index contributed by atoms with van der Waals surface area (Å²) < 4.78 is 7.17. The molecule has 19 heavy (non-hydrogen) atoms. The summed E-state index contributed by atoms with van der Waals surface area (Å²) in [7, 11) is 5.56. The lowest BCUT2D eigenvalue weighted by atomic mass is 9.92. The maximum atomic E-state index is 12.1. The molecule has 3 rings (SSSR count). The highest BCUT2D eigenvalue weighted by Crippen LogP contribution is 2.36. The SMILES string of the molecule is COC(=O)C1CN(C)Cc2c1c1ccccc1n2C. The normalized spacial score (nSPS) is 19.4. The number of likely N-dealkylation sites (N-methyl/N-ethyl adjacent to an activating group) is 1. The second-order valence-electron chi connectivity index (χ2n) is 5.21. The van der Waals surface area contributed by atoms with Crippen molar-refractivity contribution in [1.29, 1.82) is 0 Å². The first-order valence-electron chi connectivity index (χ1n) is 6.46. The molecule has 1 aliphatic heterocycles. The summed E-state index contributed by atoms with van der Waals surface area (Å²) in [5, 5.41) is 1.17. The summed E-state index contributed by atoms with van der Waals surface area (Å²) in [6, 6.07) is 8.25. The number of ether oxygens (including phenoxy) is 1. The minimum atomic E-state index is -0.190. The van der Waals surface area contributed by atoms with Gasteiger partial charge in [0.05, 0.1) is 13.0 Å². The van der Waals surface area contributed by atoms with Crippen molar-refractivity contribution in [3.63, 3.8) is 0 Å². The van der Waals surface area contributed by atoms with Gasteiger partial charge in [0.15, 0.2) is 0 Å². The van der Waals surface area contributed by atoms with Crippen LogP contribution >= 0.6 is 0 Å². The van der Waals surface area contributed by atoms with Crippen LogP contribution in [0.25, 0.3) is 10.9 Å². The van der Waals surface area contributed by atoms with E-state index < -0.39 is 0 Å². The lowest BCUT2D eigenvalue weighted by Crippen LogP contribution is -2.35. The van der Waals surface area contributed by atoms with Crippen LogP contribution in [0.15, 0.2) is 24.3 Å². The smallest absolute Gasteiger partial charge is 0.314 e. The molecular formula is C15H18N2O2. The molecule has 2 heterocycles. The van der Waals surface area contributed by atoms with Gasteiger partial charge in [-0.3, -0.25) is 9.69 Å². The number of esters is 1. The summed E-state index contributed by atoms with van der Waals surface area (Å²) in [6.45, 7) is 1.59. The Hall–Kier alpha value is -1.81. The van der Waals surface area contributed by atoms with Crippen LogP contribution in [0, 0.1) is 0 Å². The molecule has 0 radical (unpaired) electrons. The number of carbonyl (C=O) groups is 1. The minimum Gasteiger partial charge on any atom is -0.469 e. The first-order chi connectivity index (χ1) is 9.13. The summed E-state index contributed by atoms with van der Waals surface area (Å²) in [5.74, 6) is -0.339. The summed E-state index contributed by atoms with van der Waals surface area (Å²) in [5.41, 5.74) is 3.53. The van der Waals surface area contributed by atoms with Gasteiger partial charge in [0.25, 0.3) is 0 Å². The highest BCUT2D eigenvalue weighted by molar-refractivity contribution is 5.92. The van der Waals surface area contributed by atoms with E-state index in [1.54, 1.807) is 0 Å². The number of hydrogen-bond acceptors (Lipinski definition) is 3. The predicted octanol–water partition coefficient (Wildman–Crippen LogP) is 1.88. The zero-order valence-corrected chi connectivity index (χ0v) is 11.5. The molecule has 1 aliphatic rings. The van der Waals surface area contributed by atoms with Crippen LogP contribution in [0.3, 0.4) is 0 Å². The van der Waals surface area contributed by atoms with Crippen LogP contribution in [0.2, 0.25) is 0 Å². The van der Waals surface area contributed by atoms with Crippen LogP contribution in [0.5, 0.6) is 0 Å². The second kappa shape index (κ2) is 4.38. The van der Waals surface area contributed by atoms with Crippen molar-refractivity contribution in [2.75, 3.05) is 20.7 Å². The fourth-order valence-electron chi connectivity index (χ4n) is 3.11. The molecular weight excluding hydrogens is 240 g/mol. The molecule has 0 fully saturated rings. The second-order valence-corrected chi connectivity index (χ2v) is 5.21. The summed E-state index contributed by atoms with van der Waals surface area (Å²) in [4.78, 5) is 14.2. The maximum Gasteiger partial charge on any atom is 0.314 e. The third-order valence-electron chi connectivity index (χ3n) is 4.02.